The number of rotatable bonds is 10. The van der Waals surface area contributed by atoms with Crippen molar-refractivity contribution in [3.05, 3.63) is 77.9 Å². The van der Waals surface area contributed by atoms with Gasteiger partial charge in [0.25, 0.3) is 0 Å². The van der Waals surface area contributed by atoms with Gasteiger partial charge in [-0.25, -0.2) is 4.98 Å². The number of aromatic nitrogens is 2. The zero-order valence-electron chi connectivity index (χ0n) is 17.3. The summed E-state index contributed by atoms with van der Waals surface area (Å²) in [7, 11) is 0. The third kappa shape index (κ3) is 6.55. The van der Waals surface area contributed by atoms with Crippen molar-refractivity contribution in [2.24, 2.45) is 0 Å². The topological polar surface area (TPSA) is 84.2 Å². The number of hydrogen-bond acceptors (Lipinski definition) is 5. The summed E-state index contributed by atoms with van der Waals surface area (Å²) in [6, 6.07) is 12.8. The molecule has 0 saturated heterocycles. The standard InChI is InChI=1S/C23H24N2O4.Na/c1-17-15-19(8-11-21(17)29-14-4-2-3-5-22(26)27)23(28)18-6-9-20(10-7-18)25-13-12-24-16-25;/h6-13,15-16H,2-5,14H2,1H3,(H,26,27);/q;+1/p-1. The van der Waals surface area contributed by atoms with E-state index < -0.39 is 5.97 Å². The minimum absolute atomic E-state index is 0. The van der Waals surface area contributed by atoms with Crippen molar-refractivity contribution in [3.63, 3.8) is 0 Å². The quantitative estimate of drug-likeness (QED) is 0.267. The molecule has 1 aromatic heterocycles. The van der Waals surface area contributed by atoms with Gasteiger partial charge < -0.3 is 19.2 Å². The summed E-state index contributed by atoms with van der Waals surface area (Å²) in [5.74, 6) is -0.325. The molecule has 0 aliphatic carbocycles. The Kier molecular flexibility index (Phi) is 9.30. The molecule has 0 saturated carbocycles. The molecule has 30 heavy (non-hydrogen) atoms. The van der Waals surface area contributed by atoms with E-state index in [0.29, 0.717) is 24.2 Å². The number of aryl methyl sites for hydroxylation is 1. The summed E-state index contributed by atoms with van der Waals surface area (Å²) in [6.45, 7) is 2.42. The van der Waals surface area contributed by atoms with Gasteiger partial charge in [-0.2, -0.15) is 0 Å². The minimum atomic E-state index is -1.02. The van der Waals surface area contributed by atoms with Crippen LogP contribution in [0, 0.1) is 6.92 Å². The van der Waals surface area contributed by atoms with Gasteiger partial charge in [0.2, 0.25) is 0 Å². The third-order valence-corrected chi connectivity index (χ3v) is 4.65. The van der Waals surface area contributed by atoms with Crippen molar-refractivity contribution in [2.75, 3.05) is 6.61 Å². The van der Waals surface area contributed by atoms with Crippen molar-refractivity contribution in [3.8, 4) is 11.4 Å². The Morgan fingerprint density at radius 2 is 1.77 bits per heavy atom. The first-order valence-corrected chi connectivity index (χ1v) is 9.61. The van der Waals surface area contributed by atoms with Crippen LogP contribution in [0.5, 0.6) is 5.75 Å². The molecule has 3 aromatic rings. The maximum atomic E-state index is 12.8. The molecule has 0 spiro atoms. The Bertz CT molecular complexity index is 969. The van der Waals surface area contributed by atoms with Gasteiger partial charge in [-0.1, -0.05) is 0 Å². The minimum Gasteiger partial charge on any atom is -0.550 e. The van der Waals surface area contributed by atoms with Crippen molar-refractivity contribution in [1.82, 2.24) is 9.55 Å². The maximum Gasteiger partial charge on any atom is 1.00 e. The second kappa shape index (κ2) is 11.7. The number of ether oxygens (including phenoxy) is 1. The van der Waals surface area contributed by atoms with Gasteiger partial charge in [0, 0.05) is 35.2 Å². The number of carbonyl (C=O) groups is 2. The van der Waals surface area contributed by atoms with Crippen LogP contribution in [-0.2, 0) is 4.79 Å². The van der Waals surface area contributed by atoms with E-state index in [9.17, 15) is 14.7 Å². The van der Waals surface area contributed by atoms with Gasteiger partial charge in [0.05, 0.1) is 12.9 Å². The Balaban J connectivity index is 0.00000320. The number of carboxylic acid groups (broad SMARTS) is 1. The van der Waals surface area contributed by atoms with Gasteiger partial charge in [-0.05, 0) is 80.6 Å². The molecule has 150 valence electrons. The first kappa shape index (κ1) is 23.9. The molecule has 6 nitrogen and oxygen atoms in total. The van der Waals surface area contributed by atoms with Crippen molar-refractivity contribution in [1.29, 1.82) is 0 Å². The number of imidazole rings is 1. The Labute approximate surface area is 198 Å². The molecular formula is C23H23N2NaO4. The van der Waals surface area contributed by atoms with Crippen LogP contribution in [0.25, 0.3) is 5.69 Å². The third-order valence-electron chi connectivity index (χ3n) is 4.65. The van der Waals surface area contributed by atoms with Crippen molar-refractivity contribution < 1.29 is 49.0 Å². The number of aliphatic carboxylic acids is 1. The molecule has 0 N–H and O–H groups in total. The molecule has 1 heterocycles. The summed E-state index contributed by atoms with van der Waals surface area (Å²) in [6.07, 6.45) is 7.50. The molecule has 7 heteroatoms. The van der Waals surface area contributed by atoms with Gasteiger partial charge in [0.1, 0.15) is 5.75 Å². The number of unbranched alkanes of at least 4 members (excludes halogenated alkanes) is 2. The van der Waals surface area contributed by atoms with E-state index in [0.717, 1.165) is 29.8 Å². The molecule has 0 amide bonds. The summed E-state index contributed by atoms with van der Waals surface area (Å²) >= 11 is 0. The van der Waals surface area contributed by atoms with E-state index in [1.165, 1.54) is 0 Å². The van der Waals surface area contributed by atoms with Crippen LogP contribution in [0.15, 0.2) is 61.2 Å². The zero-order valence-corrected chi connectivity index (χ0v) is 19.3. The van der Waals surface area contributed by atoms with Gasteiger partial charge in [-0.3, -0.25) is 4.79 Å². The largest absolute Gasteiger partial charge is 1.00 e. The Morgan fingerprint density at radius 1 is 1.03 bits per heavy atom. The Morgan fingerprint density at radius 3 is 2.40 bits per heavy atom. The number of nitrogens with zero attached hydrogens (tertiary/aromatic N) is 2. The molecule has 0 bridgehead atoms. The number of hydrogen-bond donors (Lipinski definition) is 0. The molecule has 0 aliphatic heterocycles. The van der Waals surface area contributed by atoms with E-state index in [4.69, 9.17) is 4.74 Å². The van der Waals surface area contributed by atoms with Crippen molar-refractivity contribution >= 4 is 11.8 Å². The molecule has 0 radical (unpaired) electrons. The van der Waals surface area contributed by atoms with Crippen LogP contribution in [0.1, 0.15) is 47.2 Å². The number of carboxylic acids is 1. The maximum absolute atomic E-state index is 12.8. The van der Waals surface area contributed by atoms with E-state index in [-0.39, 0.29) is 41.8 Å². The van der Waals surface area contributed by atoms with Crippen molar-refractivity contribution in [2.45, 2.75) is 32.6 Å². The molecule has 0 fully saturated rings. The molecule has 3 rings (SSSR count). The summed E-state index contributed by atoms with van der Waals surface area (Å²) in [5.41, 5.74) is 3.06. The number of ketones is 1. The zero-order chi connectivity index (χ0) is 20.6. The van der Waals surface area contributed by atoms with Crippen LogP contribution in [0.2, 0.25) is 0 Å². The second-order valence-electron chi connectivity index (χ2n) is 6.86. The van der Waals surface area contributed by atoms with E-state index in [1.807, 2.05) is 54.1 Å². The Hall–Kier alpha value is -2.41. The van der Waals surface area contributed by atoms with E-state index >= 15 is 0 Å². The van der Waals surface area contributed by atoms with Crippen LogP contribution in [0.4, 0.5) is 0 Å². The summed E-state index contributed by atoms with van der Waals surface area (Å²) in [4.78, 5) is 27.2. The fraction of sp³-hybridized carbons (Fsp3) is 0.261. The number of carbonyl (C=O) groups excluding carboxylic acids is 2. The fourth-order valence-electron chi connectivity index (χ4n) is 3.05. The smallest absolute Gasteiger partial charge is 0.550 e. The van der Waals surface area contributed by atoms with Gasteiger partial charge >= 0.3 is 29.6 Å². The first-order valence-electron chi connectivity index (χ1n) is 9.61. The predicted molar refractivity (Wildman–Crippen MR) is 107 cm³/mol. The fourth-order valence-corrected chi connectivity index (χ4v) is 3.05. The summed E-state index contributed by atoms with van der Waals surface area (Å²) < 4.78 is 7.64. The van der Waals surface area contributed by atoms with E-state index in [1.54, 1.807) is 18.6 Å². The van der Waals surface area contributed by atoms with Gasteiger partial charge in [0.15, 0.2) is 5.78 Å². The molecule has 2 aromatic carbocycles. The van der Waals surface area contributed by atoms with Crippen LogP contribution < -0.4 is 39.4 Å². The predicted octanol–water partition coefficient (Wildman–Crippen LogP) is 0.105. The molecule has 0 aliphatic rings. The van der Waals surface area contributed by atoms with E-state index in [2.05, 4.69) is 4.98 Å². The summed E-state index contributed by atoms with van der Waals surface area (Å²) in [5, 5.41) is 10.4. The second-order valence-corrected chi connectivity index (χ2v) is 6.86. The normalized spacial score (nSPS) is 10.3. The van der Waals surface area contributed by atoms with Gasteiger partial charge in [-0.15, -0.1) is 0 Å². The van der Waals surface area contributed by atoms with Crippen LogP contribution in [0.3, 0.4) is 0 Å². The van der Waals surface area contributed by atoms with Crippen LogP contribution >= 0.6 is 0 Å². The SMILES string of the molecule is Cc1cc(C(=O)c2ccc(-n3ccnc3)cc2)ccc1OCCCCCC(=O)[O-].[Na+]. The van der Waals surface area contributed by atoms with Crippen LogP contribution in [-0.4, -0.2) is 27.9 Å². The molecular weight excluding hydrogens is 391 g/mol. The molecule has 0 atom stereocenters. The monoisotopic (exact) mass is 414 g/mol. The average Bonchev–Trinajstić information content (AvgIpc) is 3.26. The average molecular weight is 414 g/mol. The number of benzene rings is 2. The first-order chi connectivity index (χ1) is 14.0. The molecule has 0 unspecified atom stereocenters.